The molecule has 0 amide bonds. The van der Waals surface area contributed by atoms with Gasteiger partial charge < -0.3 is 24.8 Å². The second-order valence-corrected chi connectivity index (χ2v) is 9.91. The molecule has 0 radical (unpaired) electrons. The molecule has 1 fully saturated rings. The van der Waals surface area contributed by atoms with E-state index in [4.69, 9.17) is 19.5 Å². The number of imidazole rings is 1. The Kier molecular flexibility index (Phi) is 6.01. The molecule has 5 N–H and O–H groups in total. The molecule has 4 atom stereocenters. The molecular formula is C13H21N5O9P2. The minimum Gasteiger partial charge on any atom is -0.369 e. The Morgan fingerprint density at radius 1 is 1.48 bits per heavy atom. The number of aromatic nitrogens is 4. The molecule has 1 aliphatic rings. The summed E-state index contributed by atoms with van der Waals surface area (Å²) >= 11 is 0. The van der Waals surface area contributed by atoms with Crippen LogP contribution in [0.3, 0.4) is 0 Å². The minimum absolute atomic E-state index is 0.0174. The van der Waals surface area contributed by atoms with Gasteiger partial charge in [-0.05, 0) is 0 Å². The average Bonchev–Trinajstić information content (AvgIpc) is 3.18. The molecule has 29 heavy (non-hydrogen) atoms. The van der Waals surface area contributed by atoms with E-state index in [1.54, 1.807) is 0 Å². The topological polar surface area (TPSA) is 201 Å². The lowest BCUT2D eigenvalue weighted by molar-refractivity contribution is -0.00391. The second kappa shape index (κ2) is 7.89. The number of hydrogen-bond acceptors (Lipinski definition) is 10. The van der Waals surface area contributed by atoms with Gasteiger partial charge in [0.1, 0.15) is 11.8 Å². The third-order valence-corrected chi connectivity index (χ3v) is 6.02. The smallest absolute Gasteiger partial charge is 0.369 e. The van der Waals surface area contributed by atoms with Crippen LogP contribution in [-0.4, -0.2) is 61.9 Å². The number of phosphoric acid groups is 1. The van der Waals surface area contributed by atoms with Crippen LogP contribution in [0.25, 0.3) is 11.2 Å². The molecular weight excluding hydrogens is 432 g/mol. The van der Waals surface area contributed by atoms with Gasteiger partial charge >= 0.3 is 15.4 Å². The molecule has 3 rings (SSSR count). The van der Waals surface area contributed by atoms with Gasteiger partial charge in [0, 0.05) is 26.6 Å². The lowest BCUT2D eigenvalue weighted by Crippen LogP contribution is -2.34. The van der Waals surface area contributed by atoms with Crippen molar-refractivity contribution in [3.8, 4) is 0 Å². The molecule has 1 aliphatic heterocycles. The summed E-state index contributed by atoms with van der Waals surface area (Å²) in [6.45, 7) is 0.623. The molecule has 0 aliphatic carbocycles. The average molecular weight is 453 g/mol. The highest BCUT2D eigenvalue weighted by Gasteiger charge is 2.47. The first-order valence-electron chi connectivity index (χ1n) is 8.32. The zero-order chi connectivity index (χ0) is 21.4. The third-order valence-electron chi connectivity index (χ3n) is 4.27. The molecule has 0 bridgehead atoms. The number of nitrogens with one attached hydrogen (secondary N) is 1. The van der Waals surface area contributed by atoms with Crippen LogP contribution in [0.5, 0.6) is 0 Å². The van der Waals surface area contributed by atoms with Gasteiger partial charge in [-0.3, -0.25) is 28.0 Å². The number of aromatic amines is 1. The number of nitrogens with zero attached hydrogens (tertiary/aromatic N) is 3. The van der Waals surface area contributed by atoms with E-state index in [9.17, 15) is 23.7 Å². The number of ether oxygens (including phenoxy) is 1. The standard InChI is InChI=1S/C13H21N5O9P2/c1-24-29(22,23)27-13(3-4-26-28(2,20)21)5-8(25-6-13)18-7-15-9-10(18)16-12(14)17-11(9)19/h7-8H,3-6H2,1-2H3,(H,20,21)(H,22,23)(H3,14,16,17,19)/t8-,13?/m1/s1. The first-order valence-corrected chi connectivity index (χ1v) is 11.8. The van der Waals surface area contributed by atoms with Crippen LogP contribution in [0.15, 0.2) is 11.1 Å². The molecule has 3 unspecified atom stereocenters. The summed E-state index contributed by atoms with van der Waals surface area (Å²) in [5.41, 5.74) is 3.89. The summed E-state index contributed by atoms with van der Waals surface area (Å²) in [5, 5.41) is 0. The SMILES string of the molecule is COP(=O)(O)OC1(CCOP(C)(=O)O)CO[C@@H](n2cnc3c(=O)[nH]c(N)nc32)C1. The van der Waals surface area contributed by atoms with Gasteiger partial charge in [-0.25, -0.2) is 9.55 Å². The van der Waals surface area contributed by atoms with Crippen LogP contribution in [0.4, 0.5) is 5.95 Å². The zero-order valence-corrected chi connectivity index (χ0v) is 17.3. The molecule has 0 aromatic carbocycles. The summed E-state index contributed by atoms with van der Waals surface area (Å²) in [6, 6.07) is 0. The predicted molar refractivity (Wildman–Crippen MR) is 99.1 cm³/mol. The fraction of sp³-hybridized carbons (Fsp3) is 0.615. The lowest BCUT2D eigenvalue weighted by Gasteiger charge is -2.29. The number of H-pyrrole nitrogens is 1. The van der Waals surface area contributed by atoms with Gasteiger partial charge in [0.15, 0.2) is 11.2 Å². The van der Waals surface area contributed by atoms with Crippen molar-refractivity contribution < 1.29 is 37.2 Å². The van der Waals surface area contributed by atoms with Gasteiger partial charge in [0.05, 0.1) is 19.5 Å². The van der Waals surface area contributed by atoms with Gasteiger partial charge in [0.25, 0.3) is 5.56 Å². The fourth-order valence-electron chi connectivity index (χ4n) is 2.98. The Bertz CT molecular complexity index is 1050. The van der Waals surface area contributed by atoms with Crippen molar-refractivity contribution >= 4 is 32.5 Å². The largest absolute Gasteiger partial charge is 0.472 e. The number of rotatable bonds is 8. The summed E-state index contributed by atoms with van der Waals surface area (Å²) < 4.78 is 45.2. The molecule has 162 valence electrons. The van der Waals surface area contributed by atoms with Crippen molar-refractivity contribution in [1.29, 1.82) is 0 Å². The highest BCUT2D eigenvalue weighted by atomic mass is 31.2. The van der Waals surface area contributed by atoms with E-state index in [0.29, 0.717) is 0 Å². The van der Waals surface area contributed by atoms with Crippen LogP contribution in [0.2, 0.25) is 0 Å². The van der Waals surface area contributed by atoms with E-state index in [0.717, 1.165) is 13.8 Å². The highest BCUT2D eigenvalue weighted by molar-refractivity contribution is 7.51. The van der Waals surface area contributed by atoms with E-state index < -0.39 is 32.8 Å². The Morgan fingerprint density at radius 3 is 2.86 bits per heavy atom. The number of anilines is 1. The Labute approximate surface area is 164 Å². The molecule has 16 heteroatoms. The quantitative estimate of drug-likeness (QED) is 0.400. The number of hydrogen-bond donors (Lipinski definition) is 4. The maximum absolute atomic E-state index is 12.0. The summed E-state index contributed by atoms with van der Waals surface area (Å²) in [7, 11) is -7.16. The van der Waals surface area contributed by atoms with E-state index >= 15 is 0 Å². The third kappa shape index (κ3) is 5.11. The summed E-state index contributed by atoms with van der Waals surface area (Å²) in [4.78, 5) is 41.4. The lowest BCUT2D eigenvalue weighted by atomic mass is 9.99. The maximum Gasteiger partial charge on any atom is 0.472 e. The Hall–Kier alpha value is -1.63. The van der Waals surface area contributed by atoms with Crippen molar-refractivity contribution in [3.63, 3.8) is 0 Å². The van der Waals surface area contributed by atoms with E-state index in [1.807, 2.05) is 0 Å². The molecule has 0 spiro atoms. The van der Waals surface area contributed by atoms with Crippen LogP contribution in [-0.2, 0) is 27.4 Å². The Morgan fingerprint density at radius 2 is 2.21 bits per heavy atom. The second-order valence-electron chi connectivity index (χ2n) is 6.56. The van der Waals surface area contributed by atoms with Gasteiger partial charge in [-0.1, -0.05) is 0 Å². The van der Waals surface area contributed by atoms with Crippen molar-refractivity contribution in [2.24, 2.45) is 0 Å². The zero-order valence-electron chi connectivity index (χ0n) is 15.5. The van der Waals surface area contributed by atoms with Gasteiger partial charge in [-0.15, -0.1) is 0 Å². The Balaban J connectivity index is 1.88. The van der Waals surface area contributed by atoms with Crippen LogP contribution >= 0.6 is 15.4 Å². The molecule has 0 saturated carbocycles. The number of nitrogen functional groups attached to an aromatic ring is 1. The molecule has 14 nitrogen and oxygen atoms in total. The first-order chi connectivity index (χ1) is 13.4. The molecule has 2 aromatic rings. The summed E-state index contributed by atoms with van der Waals surface area (Å²) in [5.74, 6) is -0.112. The van der Waals surface area contributed by atoms with Gasteiger partial charge in [-0.2, -0.15) is 4.98 Å². The van der Waals surface area contributed by atoms with Crippen LogP contribution < -0.4 is 11.3 Å². The molecule has 3 heterocycles. The van der Waals surface area contributed by atoms with Gasteiger partial charge in [0.2, 0.25) is 5.95 Å². The van der Waals surface area contributed by atoms with Crippen molar-refractivity contribution in [3.05, 3.63) is 16.7 Å². The number of phosphoric ester groups is 1. The number of nitrogens with two attached hydrogens (primary N) is 1. The van der Waals surface area contributed by atoms with E-state index in [1.165, 1.54) is 10.9 Å². The number of fused-ring (bicyclic) bond motifs is 1. The van der Waals surface area contributed by atoms with Crippen molar-refractivity contribution in [1.82, 2.24) is 19.5 Å². The van der Waals surface area contributed by atoms with E-state index in [-0.39, 0.29) is 43.2 Å². The van der Waals surface area contributed by atoms with Crippen LogP contribution in [0.1, 0.15) is 19.1 Å². The molecule has 1 saturated heterocycles. The highest BCUT2D eigenvalue weighted by Crippen LogP contribution is 2.52. The normalized spacial score (nSPS) is 26.4. The molecule has 2 aromatic heterocycles. The van der Waals surface area contributed by atoms with Crippen LogP contribution in [0, 0.1) is 0 Å². The fourth-order valence-corrected chi connectivity index (χ4v) is 4.20. The maximum atomic E-state index is 12.0. The predicted octanol–water partition coefficient (Wildman–Crippen LogP) is 0.345. The van der Waals surface area contributed by atoms with Crippen molar-refractivity contribution in [2.45, 2.75) is 24.7 Å². The van der Waals surface area contributed by atoms with Crippen molar-refractivity contribution in [2.75, 3.05) is 32.7 Å². The monoisotopic (exact) mass is 453 g/mol. The summed E-state index contributed by atoms with van der Waals surface area (Å²) in [6.07, 6.45) is 0.530. The van der Waals surface area contributed by atoms with E-state index in [2.05, 4.69) is 19.5 Å². The minimum atomic E-state index is -4.42. The first kappa shape index (κ1) is 22.1.